The number of nitrogens with zero attached hydrogens (tertiary/aromatic N) is 3. The molecule has 0 aliphatic heterocycles. The van der Waals surface area contributed by atoms with Crippen molar-refractivity contribution in [2.45, 2.75) is 13.8 Å². The van der Waals surface area contributed by atoms with Gasteiger partial charge in [-0.2, -0.15) is 5.26 Å². The van der Waals surface area contributed by atoms with Crippen molar-refractivity contribution in [3.8, 4) is 6.07 Å². The first-order valence-electron chi connectivity index (χ1n) is 7.15. The van der Waals surface area contributed by atoms with E-state index in [4.69, 9.17) is 4.74 Å². The molecule has 0 aliphatic rings. The predicted octanol–water partition coefficient (Wildman–Crippen LogP) is 2.27. The number of ether oxygens (including phenoxy) is 1. The number of aliphatic hydroxyl groups excluding tert-OH is 1. The number of aromatic nitrogens is 1. The van der Waals surface area contributed by atoms with Crippen molar-refractivity contribution < 1.29 is 14.6 Å². The molecule has 2 heterocycles. The molecule has 0 radical (unpaired) electrons. The van der Waals surface area contributed by atoms with Crippen LogP contribution in [0.4, 0.5) is 5.69 Å². The zero-order valence-corrected chi connectivity index (χ0v) is 13.2. The number of pyridine rings is 2. The molecular weight excluding hydrogens is 310 g/mol. The Bertz CT molecular complexity index is 944. The fraction of sp³-hybridized carbons (Fsp3) is 0.176. The van der Waals surface area contributed by atoms with Crippen molar-refractivity contribution in [2.24, 2.45) is 4.99 Å². The van der Waals surface area contributed by atoms with E-state index >= 15 is 0 Å². The molecule has 0 fully saturated rings. The van der Waals surface area contributed by atoms with Gasteiger partial charge in [0.05, 0.1) is 17.7 Å². The van der Waals surface area contributed by atoms with Crippen LogP contribution in [0.2, 0.25) is 0 Å². The van der Waals surface area contributed by atoms with Gasteiger partial charge in [0.1, 0.15) is 23.1 Å². The van der Waals surface area contributed by atoms with E-state index in [1.165, 1.54) is 23.6 Å². The summed E-state index contributed by atoms with van der Waals surface area (Å²) in [4.78, 5) is 28.1. The molecule has 0 saturated heterocycles. The van der Waals surface area contributed by atoms with Crippen molar-refractivity contribution in [2.75, 3.05) is 6.61 Å². The number of fused-ring (bicyclic) bond motifs is 1. The fourth-order valence-corrected chi connectivity index (χ4v) is 2.05. The summed E-state index contributed by atoms with van der Waals surface area (Å²) in [7, 11) is 0. The van der Waals surface area contributed by atoms with Gasteiger partial charge in [-0.3, -0.25) is 9.20 Å². The third-order valence-corrected chi connectivity index (χ3v) is 3.19. The lowest BCUT2D eigenvalue weighted by Gasteiger charge is -2.05. The van der Waals surface area contributed by atoms with E-state index in [2.05, 4.69) is 4.99 Å². The Labute approximate surface area is 137 Å². The van der Waals surface area contributed by atoms with Gasteiger partial charge in [0.15, 0.2) is 0 Å². The van der Waals surface area contributed by atoms with Crippen molar-refractivity contribution >= 4 is 23.4 Å². The Kier molecular flexibility index (Phi) is 5.12. The highest BCUT2D eigenvalue weighted by Crippen LogP contribution is 2.15. The first-order valence-corrected chi connectivity index (χ1v) is 7.15. The topological polar surface area (TPSA) is 104 Å². The lowest BCUT2D eigenvalue weighted by Crippen LogP contribution is -2.14. The minimum absolute atomic E-state index is 0.0294. The number of carbonyl (C=O) groups excluding carboxylic acids is 1. The molecule has 0 unspecified atom stereocenters. The molecule has 122 valence electrons. The molecule has 0 atom stereocenters. The largest absolute Gasteiger partial charge is 0.512 e. The second-order valence-corrected chi connectivity index (χ2v) is 4.79. The van der Waals surface area contributed by atoms with Gasteiger partial charge in [0.25, 0.3) is 5.56 Å². The molecular formula is C17H15N3O4. The van der Waals surface area contributed by atoms with Crippen molar-refractivity contribution in [1.82, 2.24) is 4.40 Å². The van der Waals surface area contributed by atoms with E-state index in [-0.39, 0.29) is 29.2 Å². The number of aliphatic hydroxyl groups is 1. The Morgan fingerprint density at radius 3 is 2.88 bits per heavy atom. The molecule has 7 nitrogen and oxygen atoms in total. The highest BCUT2D eigenvalue weighted by Gasteiger charge is 2.13. The molecule has 0 aromatic carbocycles. The van der Waals surface area contributed by atoms with Crippen molar-refractivity contribution in [1.29, 1.82) is 5.26 Å². The van der Waals surface area contributed by atoms with E-state index in [9.17, 15) is 20.0 Å². The molecule has 2 aromatic heterocycles. The van der Waals surface area contributed by atoms with Gasteiger partial charge in [-0.1, -0.05) is 6.07 Å². The molecule has 0 amide bonds. The summed E-state index contributed by atoms with van der Waals surface area (Å²) < 4.78 is 6.11. The predicted molar refractivity (Wildman–Crippen MR) is 88.5 cm³/mol. The average molecular weight is 325 g/mol. The number of aliphatic imine (C=N–C) groups is 1. The first-order chi connectivity index (χ1) is 11.5. The van der Waals surface area contributed by atoms with E-state index < -0.39 is 11.5 Å². The Hall–Kier alpha value is -3.40. The summed E-state index contributed by atoms with van der Waals surface area (Å²) in [5, 5.41) is 18.8. The zero-order chi connectivity index (χ0) is 17.7. The zero-order valence-electron chi connectivity index (χ0n) is 13.2. The maximum Gasteiger partial charge on any atom is 0.343 e. The van der Waals surface area contributed by atoms with E-state index in [1.807, 2.05) is 6.07 Å². The molecule has 1 N–H and O–H groups in total. The molecule has 0 spiro atoms. The maximum atomic E-state index is 12.4. The first kappa shape index (κ1) is 17.0. The smallest absolute Gasteiger partial charge is 0.343 e. The third kappa shape index (κ3) is 3.33. The van der Waals surface area contributed by atoms with Crippen LogP contribution >= 0.6 is 0 Å². The highest BCUT2D eigenvalue weighted by molar-refractivity contribution is 6.10. The number of hydrogen-bond acceptors (Lipinski definition) is 6. The van der Waals surface area contributed by atoms with Crippen LogP contribution in [0.5, 0.6) is 0 Å². The van der Waals surface area contributed by atoms with E-state index in [0.717, 1.165) is 6.21 Å². The molecule has 0 bridgehead atoms. The minimum atomic E-state index is -0.748. The number of esters is 1. The van der Waals surface area contributed by atoms with Crippen molar-refractivity contribution in [3.63, 3.8) is 0 Å². The molecule has 2 rings (SSSR count). The molecule has 24 heavy (non-hydrogen) atoms. The van der Waals surface area contributed by atoms with Crippen LogP contribution < -0.4 is 5.56 Å². The van der Waals surface area contributed by atoms with Crippen molar-refractivity contribution in [3.05, 3.63) is 57.7 Å². The number of nitriles is 1. The summed E-state index contributed by atoms with van der Waals surface area (Å²) >= 11 is 0. The molecule has 2 aromatic rings. The molecule has 7 heteroatoms. The van der Waals surface area contributed by atoms with E-state index in [1.54, 1.807) is 25.1 Å². The lowest BCUT2D eigenvalue weighted by atomic mass is 10.2. The third-order valence-electron chi connectivity index (χ3n) is 3.19. The second kappa shape index (κ2) is 7.24. The Morgan fingerprint density at radius 1 is 1.50 bits per heavy atom. The summed E-state index contributed by atoms with van der Waals surface area (Å²) in [6.45, 7) is 3.08. The standard InChI is InChI=1S/C17H15N3O4/c1-3-24-17(23)13(11(2)21)10-19-14-8-12(9-18)15-6-4-5-7-20(15)16(14)22/h4-8,10,21H,3H2,1-2H3/b13-11-,19-10?. The number of carbonyl (C=O) groups is 1. The normalized spacial score (nSPS) is 12.0. The second-order valence-electron chi connectivity index (χ2n) is 4.79. The van der Waals surface area contributed by atoms with Crippen LogP contribution in [0, 0.1) is 11.3 Å². The number of rotatable bonds is 4. The lowest BCUT2D eigenvalue weighted by molar-refractivity contribution is -0.138. The van der Waals surface area contributed by atoms with Gasteiger partial charge in [0, 0.05) is 12.4 Å². The summed E-state index contributed by atoms with van der Waals surface area (Å²) in [5.74, 6) is -1.03. The van der Waals surface area contributed by atoms with Gasteiger partial charge in [-0.15, -0.1) is 0 Å². The van der Waals surface area contributed by atoms with Crippen LogP contribution in [-0.2, 0) is 9.53 Å². The number of hydrogen-bond donors (Lipinski definition) is 1. The monoisotopic (exact) mass is 325 g/mol. The highest BCUT2D eigenvalue weighted by atomic mass is 16.5. The maximum absolute atomic E-state index is 12.4. The Balaban J connectivity index is 2.56. The van der Waals surface area contributed by atoms with Gasteiger partial charge in [-0.25, -0.2) is 9.79 Å². The van der Waals surface area contributed by atoms with Gasteiger partial charge in [0.2, 0.25) is 0 Å². The molecule has 0 saturated carbocycles. The van der Waals surface area contributed by atoms with Crippen LogP contribution in [0.3, 0.4) is 0 Å². The van der Waals surface area contributed by atoms with Gasteiger partial charge in [-0.05, 0) is 32.0 Å². The number of allylic oxidation sites excluding steroid dienone is 1. The van der Waals surface area contributed by atoms with Crippen LogP contribution in [-0.4, -0.2) is 28.3 Å². The van der Waals surface area contributed by atoms with Gasteiger partial charge >= 0.3 is 5.97 Å². The van der Waals surface area contributed by atoms with Crippen LogP contribution in [0.25, 0.3) is 5.52 Å². The average Bonchev–Trinajstić information content (AvgIpc) is 2.57. The molecule has 0 aliphatic carbocycles. The van der Waals surface area contributed by atoms with E-state index in [0.29, 0.717) is 5.52 Å². The van der Waals surface area contributed by atoms with Gasteiger partial charge < -0.3 is 9.84 Å². The van der Waals surface area contributed by atoms with Crippen LogP contribution in [0.1, 0.15) is 19.4 Å². The summed E-state index contributed by atoms with van der Waals surface area (Å²) in [6.07, 6.45) is 2.58. The van der Waals surface area contributed by atoms with Crippen LogP contribution in [0.15, 0.2) is 51.6 Å². The fourth-order valence-electron chi connectivity index (χ4n) is 2.05. The quantitative estimate of drug-likeness (QED) is 0.402. The summed E-state index contributed by atoms with van der Waals surface area (Å²) in [6, 6.07) is 8.36. The minimum Gasteiger partial charge on any atom is -0.512 e. The Morgan fingerprint density at radius 2 is 2.25 bits per heavy atom. The summed E-state index contributed by atoms with van der Waals surface area (Å²) in [5.41, 5.74) is 0.0963. The SMILES string of the molecule is CCOC(=O)/C(C=Nc1cc(C#N)c2ccccn2c1=O)=C(/C)O.